The normalized spacial score (nSPS) is 12.6. The van der Waals surface area contributed by atoms with Crippen molar-refractivity contribution in [2.45, 2.75) is 33.2 Å². The minimum atomic E-state index is -1.03. The second-order valence-corrected chi connectivity index (χ2v) is 7.69. The van der Waals surface area contributed by atoms with Crippen molar-refractivity contribution < 1.29 is 23.4 Å². The van der Waals surface area contributed by atoms with Gasteiger partial charge in [0.25, 0.3) is 5.91 Å². The van der Waals surface area contributed by atoms with Gasteiger partial charge < -0.3 is 14.7 Å². The van der Waals surface area contributed by atoms with Gasteiger partial charge in [0.1, 0.15) is 6.67 Å². The molecule has 0 spiro atoms. The van der Waals surface area contributed by atoms with Crippen molar-refractivity contribution in [3.63, 3.8) is 0 Å². The summed E-state index contributed by atoms with van der Waals surface area (Å²) in [5.74, 6) is -3.20. The van der Waals surface area contributed by atoms with E-state index in [0.717, 1.165) is 11.6 Å². The van der Waals surface area contributed by atoms with E-state index in [9.17, 15) is 23.5 Å². The molecule has 0 atom stereocenters. The van der Waals surface area contributed by atoms with Crippen molar-refractivity contribution in [1.29, 1.82) is 0 Å². The number of aromatic nitrogens is 1. The Balaban J connectivity index is 0.00000167. The van der Waals surface area contributed by atoms with Crippen LogP contribution >= 0.6 is 0 Å². The van der Waals surface area contributed by atoms with Crippen molar-refractivity contribution in [2.75, 3.05) is 24.8 Å². The van der Waals surface area contributed by atoms with E-state index in [1.165, 1.54) is 29.1 Å². The molecule has 2 aromatic carbocycles. The number of ether oxygens (including phenoxy) is 1. The Morgan fingerprint density at radius 2 is 1.71 bits per heavy atom. The first-order valence-electron chi connectivity index (χ1n) is 11.6. The summed E-state index contributed by atoms with van der Waals surface area (Å²) in [5, 5.41) is 12.2. The fraction of sp³-hybridized carbons (Fsp3) is 0.308. The topological polar surface area (TPSA) is 75.0 Å². The highest BCUT2D eigenvalue weighted by molar-refractivity contribution is 5.96. The van der Waals surface area contributed by atoms with Crippen LogP contribution in [0.3, 0.4) is 0 Å². The molecule has 1 aromatic heterocycles. The summed E-state index contributed by atoms with van der Waals surface area (Å²) in [5.41, 5.74) is 0.297. The van der Waals surface area contributed by atoms with Gasteiger partial charge in [-0.05, 0) is 30.5 Å². The first kappa shape index (κ1) is 25.7. The van der Waals surface area contributed by atoms with Crippen molar-refractivity contribution in [3.05, 3.63) is 93.9 Å². The number of pyridine rings is 1. The zero-order chi connectivity index (χ0) is 25.4. The second-order valence-electron chi connectivity index (χ2n) is 7.69. The summed E-state index contributed by atoms with van der Waals surface area (Å²) in [7, 11) is 0. The van der Waals surface area contributed by atoms with Crippen molar-refractivity contribution in [2.24, 2.45) is 0 Å². The minimum absolute atomic E-state index is 0.0808. The van der Waals surface area contributed by atoms with E-state index in [2.05, 4.69) is 0 Å². The van der Waals surface area contributed by atoms with Crippen LogP contribution in [0.25, 0.3) is 0 Å². The van der Waals surface area contributed by atoms with Crippen LogP contribution in [-0.4, -0.2) is 40.4 Å². The van der Waals surface area contributed by atoms with Crippen molar-refractivity contribution in [1.82, 2.24) is 9.58 Å². The van der Waals surface area contributed by atoms with E-state index in [1.807, 2.05) is 49.2 Å². The van der Waals surface area contributed by atoms with Gasteiger partial charge in [0.15, 0.2) is 23.0 Å². The maximum atomic E-state index is 13.7. The Morgan fingerprint density at radius 1 is 0.971 bits per heavy atom. The number of hydrogen-bond donors (Lipinski definition) is 1. The highest BCUT2D eigenvalue weighted by atomic mass is 19.2. The highest BCUT2D eigenvalue weighted by Gasteiger charge is 2.31. The molecular formula is C26H29F2N3O4. The van der Waals surface area contributed by atoms with Gasteiger partial charge in [-0.15, -0.1) is 0 Å². The molecule has 0 unspecified atom stereocenters. The van der Waals surface area contributed by atoms with Gasteiger partial charge in [0, 0.05) is 18.8 Å². The molecule has 35 heavy (non-hydrogen) atoms. The molecule has 1 aliphatic rings. The lowest BCUT2D eigenvalue weighted by Crippen LogP contribution is -2.53. The molecule has 0 saturated carbocycles. The largest absolute Gasteiger partial charge is 0.502 e. The van der Waals surface area contributed by atoms with Crippen LogP contribution in [0.4, 0.5) is 8.78 Å². The van der Waals surface area contributed by atoms with Gasteiger partial charge in [-0.3, -0.25) is 19.3 Å². The highest BCUT2D eigenvalue weighted by Crippen LogP contribution is 2.22. The van der Waals surface area contributed by atoms with Gasteiger partial charge in [0.2, 0.25) is 11.2 Å². The summed E-state index contributed by atoms with van der Waals surface area (Å²) in [6, 6.07) is 14.6. The predicted octanol–water partition coefficient (Wildman–Crippen LogP) is 4.27. The lowest BCUT2D eigenvalue weighted by molar-refractivity contribution is 0.0679. The molecule has 0 radical (unpaired) electrons. The fourth-order valence-electron chi connectivity index (χ4n) is 3.71. The molecule has 1 amide bonds. The third-order valence-corrected chi connectivity index (χ3v) is 5.39. The number of halogens is 2. The van der Waals surface area contributed by atoms with Crippen LogP contribution in [0.1, 0.15) is 42.7 Å². The van der Waals surface area contributed by atoms with Gasteiger partial charge >= 0.3 is 0 Å². The molecule has 1 aliphatic heterocycles. The maximum absolute atomic E-state index is 13.7. The van der Waals surface area contributed by atoms with Crippen LogP contribution < -0.4 is 15.2 Å². The van der Waals surface area contributed by atoms with Crippen LogP contribution in [-0.2, 0) is 6.54 Å². The number of amides is 1. The quantitative estimate of drug-likeness (QED) is 0.483. The van der Waals surface area contributed by atoms with Gasteiger partial charge in [-0.25, -0.2) is 4.39 Å². The van der Waals surface area contributed by atoms with E-state index in [4.69, 9.17) is 4.74 Å². The summed E-state index contributed by atoms with van der Waals surface area (Å²) in [6.45, 7) is 5.20. The number of aromatic hydroxyl groups is 1. The molecule has 2 heterocycles. The van der Waals surface area contributed by atoms with Crippen LogP contribution in [0, 0.1) is 11.6 Å². The third-order valence-electron chi connectivity index (χ3n) is 5.39. The van der Waals surface area contributed by atoms with Gasteiger partial charge in [-0.1, -0.05) is 50.2 Å². The van der Waals surface area contributed by atoms with Gasteiger partial charge in [-0.2, -0.15) is 4.39 Å². The average Bonchev–Trinajstić information content (AvgIpc) is 2.87. The number of nitrogens with zero attached hydrogens (tertiary/aromatic N) is 3. The smallest absolute Gasteiger partial charge is 0.277 e. The summed E-state index contributed by atoms with van der Waals surface area (Å²) in [4.78, 5) is 26.5. The minimum Gasteiger partial charge on any atom is -0.502 e. The SMILES string of the molecule is CC.O=C1c2c(O)c(=O)ccn2N(Cc2ccccc2)CN1CCCCOc1cccc(F)c1F. The summed E-state index contributed by atoms with van der Waals surface area (Å²) < 4.78 is 33.8. The Bertz CT molecular complexity index is 1200. The number of hydrogen-bond acceptors (Lipinski definition) is 5. The first-order chi connectivity index (χ1) is 17.0. The van der Waals surface area contributed by atoms with Crippen molar-refractivity contribution in [3.8, 4) is 11.5 Å². The summed E-state index contributed by atoms with van der Waals surface area (Å²) >= 11 is 0. The third kappa shape index (κ3) is 5.98. The zero-order valence-electron chi connectivity index (χ0n) is 19.8. The fourth-order valence-corrected chi connectivity index (χ4v) is 3.71. The van der Waals surface area contributed by atoms with E-state index in [-0.39, 0.29) is 24.7 Å². The lowest BCUT2D eigenvalue weighted by Gasteiger charge is -2.39. The molecule has 3 aromatic rings. The van der Waals surface area contributed by atoms with E-state index < -0.39 is 28.7 Å². The van der Waals surface area contributed by atoms with E-state index in [1.54, 1.807) is 4.90 Å². The lowest BCUT2D eigenvalue weighted by atomic mass is 10.2. The number of benzene rings is 2. The number of unbranched alkanes of at least 4 members (excludes halogenated alkanes) is 1. The van der Waals surface area contributed by atoms with E-state index in [0.29, 0.717) is 25.9 Å². The zero-order valence-corrected chi connectivity index (χ0v) is 19.8. The molecule has 0 saturated heterocycles. The number of rotatable bonds is 8. The molecule has 0 aliphatic carbocycles. The molecule has 4 rings (SSSR count). The Hall–Kier alpha value is -3.88. The Kier molecular flexibility index (Phi) is 8.83. The molecule has 7 nitrogen and oxygen atoms in total. The summed E-state index contributed by atoms with van der Waals surface area (Å²) in [6.07, 6.45) is 2.50. The Labute approximate surface area is 202 Å². The second kappa shape index (κ2) is 12.0. The monoisotopic (exact) mass is 485 g/mol. The van der Waals surface area contributed by atoms with Gasteiger partial charge in [0.05, 0.1) is 13.2 Å². The number of carbonyl (C=O) groups is 1. The molecule has 0 bridgehead atoms. The molecule has 9 heteroatoms. The molecule has 0 fully saturated rings. The predicted molar refractivity (Wildman–Crippen MR) is 129 cm³/mol. The van der Waals surface area contributed by atoms with Crippen LogP contribution in [0.5, 0.6) is 11.5 Å². The molecule has 186 valence electrons. The number of carbonyl (C=O) groups excluding carboxylic acids is 1. The Morgan fingerprint density at radius 3 is 2.46 bits per heavy atom. The molecule has 1 N–H and O–H groups in total. The van der Waals surface area contributed by atoms with E-state index >= 15 is 0 Å². The van der Waals surface area contributed by atoms with Crippen LogP contribution in [0.15, 0.2) is 65.6 Å². The average molecular weight is 486 g/mol. The number of fused-ring (bicyclic) bond motifs is 1. The standard InChI is InChI=1S/C24H23F2N3O4.C2H6/c25-18-9-6-10-20(21(18)26)33-14-5-4-12-27-16-28(15-17-7-2-1-3-8-17)29-13-11-19(30)23(31)22(29)24(27)32;1-2/h1-3,6-11,13,31H,4-5,12,14-16H2;1-2H3. The van der Waals surface area contributed by atoms with Crippen molar-refractivity contribution >= 4 is 5.91 Å². The first-order valence-corrected chi connectivity index (χ1v) is 11.6. The molecular weight excluding hydrogens is 456 g/mol. The maximum Gasteiger partial charge on any atom is 0.277 e. The van der Waals surface area contributed by atoms with Crippen LogP contribution in [0.2, 0.25) is 0 Å².